The lowest BCUT2D eigenvalue weighted by atomic mass is 10.0. The summed E-state index contributed by atoms with van der Waals surface area (Å²) in [6.07, 6.45) is 6.92. The van der Waals surface area contributed by atoms with Crippen LogP contribution in [0.2, 0.25) is 0 Å². The molecule has 0 aromatic carbocycles. The zero-order valence-electron chi connectivity index (χ0n) is 5.92. The van der Waals surface area contributed by atoms with Crippen molar-refractivity contribution in [2.45, 2.75) is 31.7 Å². The lowest BCUT2D eigenvalue weighted by molar-refractivity contribution is 0.480. The zero-order chi connectivity index (χ0) is 6.97. The Labute approximate surface area is 60.3 Å². The van der Waals surface area contributed by atoms with Gasteiger partial charge in [0.2, 0.25) is 6.08 Å². The third-order valence-corrected chi connectivity index (χ3v) is 2.81. The largest absolute Gasteiger partial charge is 0.235 e. The van der Waals surface area contributed by atoms with Crippen molar-refractivity contribution in [3.63, 3.8) is 0 Å². The minimum absolute atomic E-state index is 0.375. The highest BCUT2D eigenvalue weighted by Gasteiger charge is 2.50. The Kier molecular flexibility index (Phi) is 1.35. The summed E-state index contributed by atoms with van der Waals surface area (Å²) >= 11 is 0. The summed E-state index contributed by atoms with van der Waals surface area (Å²) in [5.41, 5.74) is 0. The van der Waals surface area contributed by atoms with Crippen LogP contribution in [0.1, 0.15) is 25.7 Å². The van der Waals surface area contributed by atoms with E-state index in [0.29, 0.717) is 6.04 Å². The summed E-state index contributed by atoms with van der Waals surface area (Å²) in [4.78, 5) is 13.7. The highest BCUT2D eigenvalue weighted by molar-refractivity contribution is 5.35. The van der Waals surface area contributed by atoms with Gasteiger partial charge in [-0.25, -0.2) is 9.79 Å². The van der Waals surface area contributed by atoms with E-state index in [9.17, 15) is 4.79 Å². The second kappa shape index (κ2) is 2.21. The van der Waals surface area contributed by atoms with Gasteiger partial charge in [0, 0.05) is 0 Å². The molecule has 2 heteroatoms. The number of hydrogen-bond acceptors (Lipinski definition) is 2. The average Bonchev–Trinajstić information content (AvgIpc) is 2.66. The Morgan fingerprint density at radius 2 is 1.80 bits per heavy atom. The van der Waals surface area contributed by atoms with E-state index < -0.39 is 0 Å². The van der Waals surface area contributed by atoms with Crippen molar-refractivity contribution < 1.29 is 4.79 Å². The van der Waals surface area contributed by atoms with Crippen molar-refractivity contribution in [3.8, 4) is 0 Å². The molecule has 2 aliphatic rings. The Bertz CT molecular complexity index is 172. The quantitative estimate of drug-likeness (QED) is 0.398. The molecule has 2 nitrogen and oxygen atoms in total. The molecule has 0 spiro atoms. The fraction of sp³-hybridized carbons (Fsp3) is 0.875. The van der Waals surface area contributed by atoms with Gasteiger partial charge >= 0.3 is 0 Å². The van der Waals surface area contributed by atoms with Gasteiger partial charge in [-0.05, 0) is 24.7 Å². The van der Waals surface area contributed by atoms with Crippen molar-refractivity contribution in [3.05, 3.63) is 0 Å². The first kappa shape index (κ1) is 6.11. The Morgan fingerprint density at radius 1 is 1.20 bits per heavy atom. The number of hydrogen-bond donors (Lipinski definition) is 0. The van der Waals surface area contributed by atoms with Crippen molar-refractivity contribution in [1.82, 2.24) is 0 Å². The molecule has 2 fully saturated rings. The molecular weight excluding hydrogens is 126 g/mol. The molecule has 3 atom stereocenters. The van der Waals surface area contributed by atoms with E-state index in [0.717, 1.165) is 11.8 Å². The highest BCUT2D eigenvalue weighted by atomic mass is 16.1. The third-order valence-electron chi connectivity index (χ3n) is 2.81. The van der Waals surface area contributed by atoms with Crippen LogP contribution in [0.25, 0.3) is 0 Å². The molecular formula is C8H11NO. The second-order valence-corrected chi connectivity index (χ2v) is 3.32. The number of nitrogens with zero attached hydrogens (tertiary/aromatic N) is 1. The van der Waals surface area contributed by atoms with Crippen LogP contribution in [0.5, 0.6) is 0 Å². The zero-order valence-corrected chi connectivity index (χ0v) is 5.92. The maximum atomic E-state index is 9.91. The molecule has 0 radical (unpaired) electrons. The van der Waals surface area contributed by atoms with Crippen molar-refractivity contribution in [1.29, 1.82) is 0 Å². The minimum atomic E-state index is 0.375. The molecule has 0 aromatic heterocycles. The smallest absolute Gasteiger partial charge is 0.211 e. The number of aliphatic imine (C=N–C) groups is 1. The van der Waals surface area contributed by atoms with Gasteiger partial charge in [-0.2, -0.15) is 0 Å². The molecule has 0 N–H and O–H groups in total. The SMILES string of the molecule is O=C=NC1[C@H]2CCCC[C@@H]12. The van der Waals surface area contributed by atoms with Crippen LogP contribution >= 0.6 is 0 Å². The van der Waals surface area contributed by atoms with Crippen LogP contribution in [0, 0.1) is 11.8 Å². The van der Waals surface area contributed by atoms with E-state index in [1.54, 1.807) is 6.08 Å². The summed E-state index contributed by atoms with van der Waals surface area (Å²) in [6, 6.07) is 0.375. The molecule has 0 amide bonds. The fourth-order valence-electron chi connectivity index (χ4n) is 2.21. The highest BCUT2D eigenvalue weighted by Crippen LogP contribution is 2.51. The van der Waals surface area contributed by atoms with Gasteiger partial charge in [0.15, 0.2) is 0 Å². The third kappa shape index (κ3) is 0.800. The Balaban J connectivity index is 1.99. The van der Waals surface area contributed by atoms with Crippen molar-refractivity contribution in [2.75, 3.05) is 0 Å². The molecule has 10 heavy (non-hydrogen) atoms. The molecule has 2 aliphatic carbocycles. The lowest BCUT2D eigenvalue weighted by Gasteiger charge is -2.04. The molecule has 2 rings (SSSR count). The van der Waals surface area contributed by atoms with Gasteiger partial charge in [0.1, 0.15) is 0 Å². The molecule has 2 saturated carbocycles. The number of isocyanates is 1. The van der Waals surface area contributed by atoms with Gasteiger partial charge in [-0.1, -0.05) is 12.8 Å². The van der Waals surface area contributed by atoms with Crippen LogP contribution in [-0.4, -0.2) is 12.1 Å². The molecule has 0 heterocycles. The molecule has 0 saturated heterocycles. The summed E-state index contributed by atoms with van der Waals surface area (Å²) in [6.45, 7) is 0. The molecule has 0 bridgehead atoms. The van der Waals surface area contributed by atoms with E-state index in [2.05, 4.69) is 4.99 Å². The van der Waals surface area contributed by atoms with E-state index in [1.807, 2.05) is 0 Å². The first-order valence-electron chi connectivity index (χ1n) is 4.00. The van der Waals surface area contributed by atoms with Crippen LogP contribution < -0.4 is 0 Å². The average molecular weight is 137 g/mol. The molecule has 1 unspecified atom stereocenters. The summed E-state index contributed by atoms with van der Waals surface area (Å²) < 4.78 is 0. The van der Waals surface area contributed by atoms with Crippen LogP contribution in [0.3, 0.4) is 0 Å². The van der Waals surface area contributed by atoms with Gasteiger partial charge < -0.3 is 0 Å². The first-order chi connectivity index (χ1) is 4.93. The van der Waals surface area contributed by atoms with Gasteiger partial charge in [-0.3, -0.25) is 0 Å². The lowest BCUT2D eigenvalue weighted by Crippen LogP contribution is -1.91. The maximum absolute atomic E-state index is 9.91. The normalized spacial score (nSPS) is 43.4. The van der Waals surface area contributed by atoms with E-state index in [1.165, 1.54) is 25.7 Å². The van der Waals surface area contributed by atoms with Crippen molar-refractivity contribution >= 4 is 6.08 Å². The minimum Gasteiger partial charge on any atom is -0.211 e. The second-order valence-electron chi connectivity index (χ2n) is 3.32. The summed E-state index contributed by atoms with van der Waals surface area (Å²) in [5.74, 6) is 1.52. The van der Waals surface area contributed by atoms with E-state index in [4.69, 9.17) is 0 Å². The van der Waals surface area contributed by atoms with Crippen LogP contribution in [-0.2, 0) is 4.79 Å². The van der Waals surface area contributed by atoms with Crippen LogP contribution in [0.4, 0.5) is 0 Å². The van der Waals surface area contributed by atoms with Crippen LogP contribution in [0.15, 0.2) is 4.99 Å². The molecule has 0 aromatic rings. The fourth-order valence-corrected chi connectivity index (χ4v) is 2.21. The molecule has 54 valence electrons. The predicted octanol–water partition coefficient (Wildman–Crippen LogP) is 1.51. The number of rotatable bonds is 1. The van der Waals surface area contributed by atoms with Gasteiger partial charge in [-0.15, -0.1) is 0 Å². The molecule has 0 aliphatic heterocycles. The first-order valence-corrected chi connectivity index (χ1v) is 4.00. The Hall–Kier alpha value is -0.620. The van der Waals surface area contributed by atoms with Gasteiger partial charge in [0.25, 0.3) is 0 Å². The van der Waals surface area contributed by atoms with Crippen molar-refractivity contribution in [2.24, 2.45) is 16.8 Å². The maximum Gasteiger partial charge on any atom is 0.235 e. The number of carbonyl (C=O) groups excluding carboxylic acids is 1. The van der Waals surface area contributed by atoms with Gasteiger partial charge in [0.05, 0.1) is 6.04 Å². The standard InChI is InChI=1S/C8H11NO/c10-5-9-8-6-3-1-2-4-7(6)8/h6-8H,1-4H2/t6-,7+,8?. The summed E-state index contributed by atoms with van der Waals surface area (Å²) in [7, 11) is 0. The monoisotopic (exact) mass is 137 g/mol. The number of fused-ring (bicyclic) bond motifs is 1. The van der Waals surface area contributed by atoms with E-state index >= 15 is 0 Å². The predicted molar refractivity (Wildman–Crippen MR) is 37.4 cm³/mol. The summed E-state index contributed by atoms with van der Waals surface area (Å²) in [5, 5.41) is 0. The van der Waals surface area contributed by atoms with E-state index in [-0.39, 0.29) is 0 Å². The Morgan fingerprint density at radius 3 is 2.30 bits per heavy atom. The topological polar surface area (TPSA) is 29.4 Å².